The molecule has 0 fully saturated rings. The van der Waals surface area contributed by atoms with E-state index in [0.29, 0.717) is 24.1 Å². The Hall–Kier alpha value is -3.48. The molecule has 2 heterocycles. The standard InChI is InChI=1S/C23H23N3O4/c1-25-20-8-7-18(22(28)30-15-17-9-11-24-12-10-17)13-19(20)21(27)26(23(25)29)14-16-5-3-2-4-6-16/h2-6,9-12,18H,7-8,13-15H2,1H3. The number of nitrogens with zero attached hydrogens (tertiary/aromatic N) is 3. The number of ether oxygens (including phenoxy) is 1. The van der Waals surface area contributed by atoms with Gasteiger partial charge in [-0.3, -0.25) is 19.1 Å². The molecule has 1 aromatic carbocycles. The summed E-state index contributed by atoms with van der Waals surface area (Å²) in [5, 5.41) is 0. The van der Waals surface area contributed by atoms with E-state index in [9.17, 15) is 14.4 Å². The van der Waals surface area contributed by atoms with Crippen LogP contribution >= 0.6 is 0 Å². The van der Waals surface area contributed by atoms with Gasteiger partial charge in [0, 0.05) is 30.7 Å². The van der Waals surface area contributed by atoms with Gasteiger partial charge in [0.25, 0.3) is 5.56 Å². The summed E-state index contributed by atoms with van der Waals surface area (Å²) in [6.07, 6.45) is 4.63. The fourth-order valence-electron chi connectivity index (χ4n) is 3.91. The fourth-order valence-corrected chi connectivity index (χ4v) is 3.91. The van der Waals surface area contributed by atoms with Crippen LogP contribution in [0.25, 0.3) is 0 Å². The van der Waals surface area contributed by atoms with Gasteiger partial charge < -0.3 is 9.30 Å². The summed E-state index contributed by atoms with van der Waals surface area (Å²) in [7, 11) is 1.68. The normalized spacial score (nSPS) is 15.4. The number of carbonyl (C=O) groups excluding carboxylic acids is 1. The number of carbonyl (C=O) groups is 1. The first-order valence-electron chi connectivity index (χ1n) is 9.95. The van der Waals surface area contributed by atoms with Gasteiger partial charge in [0.1, 0.15) is 6.61 Å². The van der Waals surface area contributed by atoms with Gasteiger partial charge in [-0.1, -0.05) is 30.3 Å². The van der Waals surface area contributed by atoms with E-state index in [1.807, 2.05) is 30.3 Å². The lowest BCUT2D eigenvalue weighted by atomic mass is 9.87. The number of benzene rings is 1. The lowest BCUT2D eigenvalue weighted by molar-refractivity contribution is -0.150. The molecule has 1 unspecified atom stereocenters. The minimum atomic E-state index is -0.394. The second-order valence-corrected chi connectivity index (χ2v) is 7.55. The van der Waals surface area contributed by atoms with Crippen LogP contribution in [0.2, 0.25) is 0 Å². The van der Waals surface area contributed by atoms with Crippen LogP contribution in [-0.4, -0.2) is 20.1 Å². The van der Waals surface area contributed by atoms with Gasteiger partial charge in [-0.05, 0) is 42.5 Å². The molecule has 0 radical (unpaired) electrons. The predicted octanol–water partition coefficient (Wildman–Crippen LogP) is 1.84. The largest absolute Gasteiger partial charge is 0.461 e. The van der Waals surface area contributed by atoms with Crippen LogP contribution in [0.3, 0.4) is 0 Å². The van der Waals surface area contributed by atoms with E-state index in [2.05, 4.69) is 4.98 Å². The van der Waals surface area contributed by atoms with Crippen molar-refractivity contribution in [3.05, 3.63) is 98.1 Å². The summed E-state index contributed by atoms with van der Waals surface area (Å²) in [5.41, 5.74) is 2.34. The third kappa shape index (κ3) is 3.96. The first kappa shape index (κ1) is 19.8. The van der Waals surface area contributed by atoms with E-state index in [1.54, 1.807) is 31.6 Å². The molecule has 0 spiro atoms. The number of rotatable bonds is 5. The van der Waals surface area contributed by atoms with Crippen LogP contribution < -0.4 is 11.2 Å². The average Bonchev–Trinajstić information content (AvgIpc) is 2.80. The molecule has 0 bridgehead atoms. The first-order valence-corrected chi connectivity index (χ1v) is 9.95. The van der Waals surface area contributed by atoms with Crippen molar-refractivity contribution in [2.24, 2.45) is 13.0 Å². The Morgan fingerprint density at radius 3 is 2.57 bits per heavy atom. The molecule has 7 nitrogen and oxygen atoms in total. The van der Waals surface area contributed by atoms with Gasteiger partial charge in [-0.25, -0.2) is 4.79 Å². The molecule has 0 aliphatic heterocycles. The zero-order valence-corrected chi connectivity index (χ0v) is 16.8. The Bertz CT molecular complexity index is 1170. The van der Waals surface area contributed by atoms with E-state index in [4.69, 9.17) is 4.74 Å². The molecule has 2 aromatic heterocycles. The molecule has 4 rings (SSSR count). The van der Waals surface area contributed by atoms with Crippen molar-refractivity contribution in [1.82, 2.24) is 14.1 Å². The highest BCUT2D eigenvalue weighted by molar-refractivity contribution is 5.73. The van der Waals surface area contributed by atoms with Crippen molar-refractivity contribution < 1.29 is 9.53 Å². The number of esters is 1. The second-order valence-electron chi connectivity index (χ2n) is 7.55. The van der Waals surface area contributed by atoms with Crippen molar-refractivity contribution in [3.8, 4) is 0 Å². The van der Waals surface area contributed by atoms with Crippen molar-refractivity contribution in [3.63, 3.8) is 0 Å². The van der Waals surface area contributed by atoms with Crippen LogP contribution in [0.4, 0.5) is 0 Å². The van der Waals surface area contributed by atoms with E-state index in [1.165, 1.54) is 9.13 Å². The zero-order chi connectivity index (χ0) is 21.1. The van der Waals surface area contributed by atoms with Crippen LogP contribution in [-0.2, 0) is 42.6 Å². The Morgan fingerprint density at radius 1 is 1.10 bits per heavy atom. The van der Waals surface area contributed by atoms with Gasteiger partial charge in [-0.2, -0.15) is 0 Å². The molecule has 1 atom stereocenters. The second kappa shape index (κ2) is 8.49. The summed E-state index contributed by atoms with van der Waals surface area (Å²) >= 11 is 0. The third-order valence-corrected chi connectivity index (χ3v) is 5.60. The molecule has 154 valence electrons. The molecule has 3 aromatic rings. The highest BCUT2D eigenvalue weighted by Gasteiger charge is 2.30. The third-order valence-electron chi connectivity index (χ3n) is 5.60. The molecule has 30 heavy (non-hydrogen) atoms. The van der Waals surface area contributed by atoms with Crippen LogP contribution in [0.15, 0.2) is 64.4 Å². The molecule has 0 saturated carbocycles. The summed E-state index contributed by atoms with van der Waals surface area (Å²) in [5.74, 6) is -0.713. The van der Waals surface area contributed by atoms with Gasteiger partial charge >= 0.3 is 11.7 Å². The van der Waals surface area contributed by atoms with Gasteiger partial charge in [-0.15, -0.1) is 0 Å². The highest BCUT2D eigenvalue weighted by Crippen LogP contribution is 2.24. The molecule has 1 aliphatic rings. The molecular formula is C23H23N3O4. The van der Waals surface area contributed by atoms with Crippen LogP contribution in [0, 0.1) is 5.92 Å². The van der Waals surface area contributed by atoms with E-state index in [0.717, 1.165) is 11.1 Å². The maximum Gasteiger partial charge on any atom is 0.331 e. The zero-order valence-electron chi connectivity index (χ0n) is 16.8. The van der Waals surface area contributed by atoms with E-state index in [-0.39, 0.29) is 36.8 Å². The smallest absolute Gasteiger partial charge is 0.331 e. The topological polar surface area (TPSA) is 83.2 Å². The lowest BCUT2D eigenvalue weighted by Crippen LogP contribution is -2.45. The number of fused-ring (bicyclic) bond motifs is 1. The number of hydrogen-bond acceptors (Lipinski definition) is 5. The van der Waals surface area contributed by atoms with Gasteiger partial charge in [0.15, 0.2) is 0 Å². The fraction of sp³-hybridized carbons (Fsp3) is 0.304. The number of hydrogen-bond donors (Lipinski definition) is 0. The summed E-state index contributed by atoms with van der Waals surface area (Å²) in [4.78, 5) is 42.4. The van der Waals surface area contributed by atoms with Crippen molar-refractivity contribution in [2.45, 2.75) is 32.4 Å². The Morgan fingerprint density at radius 2 is 1.83 bits per heavy atom. The van der Waals surface area contributed by atoms with Gasteiger partial charge in [0.2, 0.25) is 0 Å². The van der Waals surface area contributed by atoms with E-state index < -0.39 is 5.92 Å². The average molecular weight is 405 g/mol. The van der Waals surface area contributed by atoms with Crippen LogP contribution in [0.5, 0.6) is 0 Å². The SMILES string of the molecule is Cn1c2c(c(=O)n(Cc3ccccc3)c1=O)CC(C(=O)OCc1ccncc1)CC2. The molecule has 7 heteroatoms. The maximum absolute atomic E-state index is 13.1. The van der Waals surface area contributed by atoms with E-state index >= 15 is 0 Å². The summed E-state index contributed by atoms with van der Waals surface area (Å²) in [6.45, 7) is 0.382. The Balaban J connectivity index is 1.57. The van der Waals surface area contributed by atoms with Gasteiger partial charge in [0.05, 0.1) is 12.5 Å². The first-order chi connectivity index (χ1) is 14.5. The number of pyridine rings is 1. The molecule has 0 N–H and O–H groups in total. The summed E-state index contributed by atoms with van der Waals surface area (Å²) < 4.78 is 8.25. The molecule has 1 aliphatic carbocycles. The Labute approximate surface area is 173 Å². The predicted molar refractivity (Wildman–Crippen MR) is 111 cm³/mol. The van der Waals surface area contributed by atoms with Crippen molar-refractivity contribution >= 4 is 5.97 Å². The quantitative estimate of drug-likeness (QED) is 0.605. The minimum absolute atomic E-state index is 0.177. The van der Waals surface area contributed by atoms with Crippen molar-refractivity contribution in [1.29, 1.82) is 0 Å². The number of aromatic nitrogens is 3. The van der Waals surface area contributed by atoms with Crippen LogP contribution in [0.1, 0.15) is 28.8 Å². The monoisotopic (exact) mass is 405 g/mol. The minimum Gasteiger partial charge on any atom is -0.461 e. The summed E-state index contributed by atoms with van der Waals surface area (Å²) in [6, 6.07) is 13.0. The Kier molecular flexibility index (Phi) is 5.61. The molecular weight excluding hydrogens is 382 g/mol. The molecule has 0 saturated heterocycles. The highest BCUT2D eigenvalue weighted by atomic mass is 16.5. The molecule has 0 amide bonds. The maximum atomic E-state index is 13.1. The van der Waals surface area contributed by atoms with Crippen molar-refractivity contribution in [2.75, 3.05) is 0 Å². The lowest BCUT2D eigenvalue weighted by Gasteiger charge is -2.25.